The van der Waals surface area contributed by atoms with Crippen molar-refractivity contribution in [3.05, 3.63) is 0 Å². The first kappa shape index (κ1) is 11.0. The fourth-order valence-electron chi connectivity index (χ4n) is 1.40. The first-order valence-corrected chi connectivity index (χ1v) is 4.89. The zero-order valence-corrected chi connectivity index (χ0v) is 8.16. The smallest absolute Gasteiger partial charge is 0.222 e. The molecule has 1 fully saturated rings. The number of hydrogen-bond acceptors (Lipinski definition) is 3. The molecule has 14 heavy (non-hydrogen) atoms. The third kappa shape index (κ3) is 3.33. The maximum Gasteiger partial charge on any atom is 0.222 e. The van der Waals surface area contributed by atoms with Crippen LogP contribution < -0.4 is 5.32 Å². The maximum atomic E-state index is 11.5. The summed E-state index contributed by atoms with van der Waals surface area (Å²) in [5, 5.41) is 11.3. The Labute approximate surface area is 83.1 Å². The van der Waals surface area contributed by atoms with Crippen molar-refractivity contribution < 1.29 is 14.7 Å². The highest BCUT2D eigenvalue weighted by molar-refractivity contribution is 5.80. The number of hydrogen-bond donors (Lipinski definition) is 2. The Bertz CT molecular complexity index is 218. The molecule has 0 aromatic rings. The molecule has 2 N–H and O–H groups in total. The monoisotopic (exact) mass is 200 g/mol. The van der Waals surface area contributed by atoms with Gasteiger partial charge in [0.1, 0.15) is 0 Å². The van der Waals surface area contributed by atoms with E-state index in [0.717, 1.165) is 0 Å². The second-order valence-electron chi connectivity index (χ2n) is 3.31. The van der Waals surface area contributed by atoms with Crippen LogP contribution in [0.3, 0.4) is 0 Å². The molecule has 2 amide bonds. The van der Waals surface area contributed by atoms with Crippen molar-refractivity contribution in [2.24, 2.45) is 0 Å². The molecule has 0 spiro atoms. The maximum absolute atomic E-state index is 11.5. The van der Waals surface area contributed by atoms with Crippen molar-refractivity contribution in [3.63, 3.8) is 0 Å². The van der Waals surface area contributed by atoms with Crippen LogP contribution >= 0.6 is 0 Å². The van der Waals surface area contributed by atoms with Gasteiger partial charge in [-0.2, -0.15) is 0 Å². The largest absolute Gasteiger partial charge is 0.396 e. The minimum atomic E-state index is 0.00228. The van der Waals surface area contributed by atoms with Crippen LogP contribution in [0.15, 0.2) is 0 Å². The van der Waals surface area contributed by atoms with Gasteiger partial charge in [-0.05, 0) is 6.42 Å². The molecule has 1 saturated heterocycles. The molecule has 5 heteroatoms. The Morgan fingerprint density at radius 2 is 2.29 bits per heavy atom. The van der Waals surface area contributed by atoms with E-state index in [9.17, 15) is 9.59 Å². The summed E-state index contributed by atoms with van der Waals surface area (Å²) in [5.74, 6) is 0.0259. The van der Waals surface area contributed by atoms with E-state index in [1.165, 1.54) is 0 Å². The average molecular weight is 200 g/mol. The zero-order chi connectivity index (χ0) is 10.4. The summed E-state index contributed by atoms with van der Waals surface area (Å²) in [4.78, 5) is 24.1. The van der Waals surface area contributed by atoms with Crippen LogP contribution in [-0.2, 0) is 9.59 Å². The summed E-state index contributed by atoms with van der Waals surface area (Å²) in [6.07, 6.45) is 1.24. The summed E-state index contributed by atoms with van der Waals surface area (Å²) >= 11 is 0. The van der Waals surface area contributed by atoms with E-state index in [1.807, 2.05) is 0 Å². The summed E-state index contributed by atoms with van der Waals surface area (Å²) in [7, 11) is 0. The van der Waals surface area contributed by atoms with Gasteiger partial charge < -0.3 is 15.3 Å². The van der Waals surface area contributed by atoms with Crippen molar-refractivity contribution in [3.8, 4) is 0 Å². The number of aliphatic hydroxyl groups excluding tert-OH is 1. The van der Waals surface area contributed by atoms with Crippen molar-refractivity contribution in [2.75, 3.05) is 26.2 Å². The Balaban J connectivity index is 2.35. The quantitative estimate of drug-likeness (QED) is 0.620. The van der Waals surface area contributed by atoms with Crippen LogP contribution in [0.5, 0.6) is 0 Å². The van der Waals surface area contributed by atoms with Crippen molar-refractivity contribution >= 4 is 11.8 Å². The second-order valence-corrected chi connectivity index (χ2v) is 3.31. The number of amides is 2. The van der Waals surface area contributed by atoms with E-state index in [1.54, 1.807) is 4.90 Å². The predicted octanol–water partition coefficient (Wildman–Crippen LogP) is -0.893. The standard InChI is InChI=1S/C9H16N2O3/c12-7-1-2-9(14)11-5-3-8(13)10-4-6-11/h12H,1-7H2,(H,10,13). The molecular formula is C9H16N2O3. The fraction of sp³-hybridized carbons (Fsp3) is 0.778. The zero-order valence-electron chi connectivity index (χ0n) is 8.16. The van der Waals surface area contributed by atoms with Crippen LogP contribution in [-0.4, -0.2) is 48.1 Å². The number of nitrogens with zero attached hydrogens (tertiary/aromatic N) is 1. The van der Waals surface area contributed by atoms with Crippen LogP contribution in [0.25, 0.3) is 0 Å². The predicted molar refractivity (Wildman–Crippen MR) is 50.5 cm³/mol. The molecule has 0 saturated carbocycles. The third-order valence-electron chi connectivity index (χ3n) is 2.21. The number of carbonyl (C=O) groups excluding carboxylic acids is 2. The minimum absolute atomic E-state index is 0.00228. The molecule has 80 valence electrons. The first-order valence-electron chi connectivity index (χ1n) is 4.89. The van der Waals surface area contributed by atoms with Gasteiger partial charge in [0.25, 0.3) is 0 Å². The van der Waals surface area contributed by atoms with Gasteiger partial charge in [-0.15, -0.1) is 0 Å². The van der Waals surface area contributed by atoms with E-state index in [-0.39, 0.29) is 18.4 Å². The van der Waals surface area contributed by atoms with Gasteiger partial charge in [0.15, 0.2) is 0 Å². The highest BCUT2D eigenvalue weighted by Crippen LogP contribution is 2.01. The lowest BCUT2D eigenvalue weighted by molar-refractivity contribution is -0.131. The molecule has 0 aliphatic carbocycles. The normalized spacial score (nSPS) is 17.5. The lowest BCUT2D eigenvalue weighted by Crippen LogP contribution is -2.34. The second kappa shape index (κ2) is 5.59. The van der Waals surface area contributed by atoms with E-state index in [2.05, 4.69) is 5.32 Å². The molecule has 1 heterocycles. The van der Waals surface area contributed by atoms with E-state index >= 15 is 0 Å². The van der Waals surface area contributed by atoms with Crippen molar-refractivity contribution in [1.29, 1.82) is 0 Å². The Kier molecular flexibility index (Phi) is 4.39. The van der Waals surface area contributed by atoms with Gasteiger partial charge in [-0.25, -0.2) is 0 Å². The Morgan fingerprint density at radius 3 is 3.00 bits per heavy atom. The van der Waals surface area contributed by atoms with Crippen LogP contribution in [0.1, 0.15) is 19.3 Å². The fourth-order valence-corrected chi connectivity index (χ4v) is 1.40. The molecule has 0 aromatic carbocycles. The minimum Gasteiger partial charge on any atom is -0.396 e. The van der Waals surface area contributed by atoms with Gasteiger partial charge in [0.2, 0.25) is 11.8 Å². The Hall–Kier alpha value is -1.10. The molecule has 1 rings (SSSR count). The van der Waals surface area contributed by atoms with Crippen molar-refractivity contribution in [2.45, 2.75) is 19.3 Å². The van der Waals surface area contributed by atoms with E-state index in [4.69, 9.17) is 5.11 Å². The third-order valence-corrected chi connectivity index (χ3v) is 2.21. The summed E-state index contributed by atoms with van der Waals surface area (Å²) < 4.78 is 0. The molecule has 1 aliphatic heterocycles. The van der Waals surface area contributed by atoms with Gasteiger partial charge in [-0.1, -0.05) is 0 Å². The summed E-state index contributed by atoms with van der Waals surface area (Å²) in [6.45, 7) is 1.65. The first-order chi connectivity index (χ1) is 6.74. The number of aliphatic hydroxyl groups is 1. The SMILES string of the molecule is O=C1CCN(C(=O)CCCO)CCN1. The van der Waals surface area contributed by atoms with Gasteiger partial charge in [-0.3, -0.25) is 9.59 Å². The van der Waals surface area contributed by atoms with Crippen molar-refractivity contribution in [1.82, 2.24) is 10.2 Å². The summed E-state index contributed by atoms with van der Waals surface area (Å²) in [6, 6.07) is 0. The molecule has 0 unspecified atom stereocenters. The number of carbonyl (C=O) groups is 2. The molecular weight excluding hydrogens is 184 g/mol. The van der Waals surface area contributed by atoms with Gasteiger partial charge in [0.05, 0.1) is 0 Å². The number of rotatable bonds is 3. The lowest BCUT2D eigenvalue weighted by Gasteiger charge is -2.18. The number of nitrogens with one attached hydrogen (secondary N) is 1. The molecule has 0 radical (unpaired) electrons. The Morgan fingerprint density at radius 1 is 1.50 bits per heavy atom. The molecule has 0 atom stereocenters. The van der Waals surface area contributed by atoms with Crippen LogP contribution in [0, 0.1) is 0 Å². The molecule has 0 aromatic heterocycles. The average Bonchev–Trinajstić information content (AvgIpc) is 2.39. The molecule has 5 nitrogen and oxygen atoms in total. The lowest BCUT2D eigenvalue weighted by atomic mass is 10.2. The highest BCUT2D eigenvalue weighted by atomic mass is 16.3. The molecule has 1 aliphatic rings. The van der Waals surface area contributed by atoms with Gasteiger partial charge >= 0.3 is 0 Å². The van der Waals surface area contributed by atoms with Crippen LogP contribution in [0.4, 0.5) is 0 Å². The van der Waals surface area contributed by atoms with Gasteiger partial charge in [0, 0.05) is 39.1 Å². The molecule has 0 bridgehead atoms. The van der Waals surface area contributed by atoms with E-state index in [0.29, 0.717) is 38.9 Å². The summed E-state index contributed by atoms with van der Waals surface area (Å²) in [5.41, 5.74) is 0. The topological polar surface area (TPSA) is 69.6 Å². The highest BCUT2D eigenvalue weighted by Gasteiger charge is 2.17. The van der Waals surface area contributed by atoms with Crippen LogP contribution in [0.2, 0.25) is 0 Å². The van der Waals surface area contributed by atoms with E-state index < -0.39 is 0 Å².